The van der Waals surface area contributed by atoms with E-state index in [0.29, 0.717) is 17.3 Å². The number of hydrogen-bond donors (Lipinski definition) is 3. The van der Waals surface area contributed by atoms with Gasteiger partial charge in [-0.3, -0.25) is 9.59 Å². The Balaban J connectivity index is 1.53. The molecule has 1 fully saturated rings. The Hall–Kier alpha value is -2.82. The minimum Gasteiger partial charge on any atom is -0.376 e. The van der Waals surface area contributed by atoms with Crippen LogP contribution in [0, 0.1) is 6.92 Å². The first-order valence-electron chi connectivity index (χ1n) is 8.11. The first-order chi connectivity index (χ1) is 11.6. The molecule has 3 rings (SSSR count). The summed E-state index contributed by atoms with van der Waals surface area (Å²) in [6, 6.07) is 15.2. The fourth-order valence-corrected chi connectivity index (χ4v) is 2.29. The van der Waals surface area contributed by atoms with E-state index < -0.39 is 0 Å². The molecule has 124 valence electrons. The normalized spacial score (nSPS) is 13.2. The van der Waals surface area contributed by atoms with Gasteiger partial charge in [0.15, 0.2) is 0 Å². The average molecular weight is 323 g/mol. The maximum atomic E-state index is 12.0. The molecule has 0 heterocycles. The summed E-state index contributed by atoms with van der Waals surface area (Å²) in [6.45, 7) is 2.18. The van der Waals surface area contributed by atoms with Crippen molar-refractivity contribution in [3.05, 3.63) is 59.7 Å². The Kier molecular flexibility index (Phi) is 4.79. The number of carbonyl (C=O) groups excluding carboxylic acids is 2. The highest BCUT2D eigenvalue weighted by molar-refractivity contribution is 5.98. The third-order valence-electron chi connectivity index (χ3n) is 3.83. The Labute approximate surface area is 141 Å². The van der Waals surface area contributed by atoms with Gasteiger partial charge in [0.2, 0.25) is 5.91 Å². The van der Waals surface area contributed by atoms with Gasteiger partial charge in [0, 0.05) is 23.0 Å². The summed E-state index contributed by atoms with van der Waals surface area (Å²) in [4.78, 5) is 24.1. The highest BCUT2D eigenvalue weighted by Gasteiger charge is 2.23. The van der Waals surface area contributed by atoms with Crippen LogP contribution < -0.4 is 16.0 Å². The van der Waals surface area contributed by atoms with Crippen molar-refractivity contribution in [2.75, 3.05) is 17.2 Å². The van der Waals surface area contributed by atoms with E-state index in [1.807, 2.05) is 31.2 Å². The molecular weight excluding hydrogens is 302 g/mol. The molecule has 1 saturated carbocycles. The highest BCUT2D eigenvalue weighted by atomic mass is 16.2. The molecule has 5 nitrogen and oxygen atoms in total. The van der Waals surface area contributed by atoms with E-state index in [1.54, 1.807) is 24.3 Å². The number of anilines is 2. The van der Waals surface area contributed by atoms with E-state index in [4.69, 9.17) is 0 Å². The van der Waals surface area contributed by atoms with Crippen molar-refractivity contribution in [3.63, 3.8) is 0 Å². The fourth-order valence-electron chi connectivity index (χ4n) is 2.29. The zero-order chi connectivity index (χ0) is 16.9. The summed E-state index contributed by atoms with van der Waals surface area (Å²) in [5, 5.41) is 8.82. The smallest absolute Gasteiger partial charge is 0.251 e. The van der Waals surface area contributed by atoms with Gasteiger partial charge in [-0.05, 0) is 50.1 Å². The average Bonchev–Trinajstić information content (AvgIpc) is 3.38. The van der Waals surface area contributed by atoms with E-state index in [0.717, 1.165) is 18.5 Å². The van der Waals surface area contributed by atoms with Crippen molar-refractivity contribution in [2.24, 2.45) is 0 Å². The Morgan fingerprint density at radius 3 is 2.50 bits per heavy atom. The zero-order valence-electron chi connectivity index (χ0n) is 13.6. The van der Waals surface area contributed by atoms with Crippen molar-refractivity contribution < 1.29 is 9.59 Å². The van der Waals surface area contributed by atoms with Crippen LogP contribution in [0.15, 0.2) is 48.5 Å². The maximum Gasteiger partial charge on any atom is 0.251 e. The summed E-state index contributed by atoms with van der Waals surface area (Å²) >= 11 is 0. The standard InChI is InChI=1S/C19H21N3O2/c1-13-5-7-15(8-6-13)20-12-18(23)21-17-4-2-3-14(11-17)19(24)22-16-9-10-16/h2-8,11,16,20H,9-10,12H2,1H3,(H,21,23)(H,22,24). The summed E-state index contributed by atoms with van der Waals surface area (Å²) in [5.74, 6) is -0.248. The van der Waals surface area contributed by atoms with Crippen LogP contribution >= 0.6 is 0 Å². The van der Waals surface area contributed by atoms with Gasteiger partial charge in [0.05, 0.1) is 6.54 Å². The van der Waals surface area contributed by atoms with Gasteiger partial charge in [-0.1, -0.05) is 23.8 Å². The highest BCUT2D eigenvalue weighted by Crippen LogP contribution is 2.20. The number of aryl methyl sites for hydroxylation is 1. The second kappa shape index (κ2) is 7.17. The molecule has 0 aromatic heterocycles. The molecule has 3 N–H and O–H groups in total. The number of benzene rings is 2. The quantitative estimate of drug-likeness (QED) is 0.765. The molecule has 1 aliphatic rings. The molecule has 1 aliphatic carbocycles. The Morgan fingerprint density at radius 1 is 1.04 bits per heavy atom. The van der Waals surface area contributed by atoms with Gasteiger partial charge in [-0.2, -0.15) is 0 Å². The van der Waals surface area contributed by atoms with Crippen LogP contribution in [-0.4, -0.2) is 24.4 Å². The van der Waals surface area contributed by atoms with Crippen LogP contribution in [0.25, 0.3) is 0 Å². The molecule has 24 heavy (non-hydrogen) atoms. The molecule has 2 aromatic rings. The summed E-state index contributed by atoms with van der Waals surface area (Å²) in [7, 11) is 0. The van der Waals surface area contributed by atoms with Crippen molar-refractivity contribution >= 4 is 23.2 Å². The van der Waals surface area contributed by atoms with Gasteiger partial charge in [-0.15, -0.1) is 0 Å². The van der Waals surface area contributed by atoms with Crippen LogP contribution in [0.2, 0.25) is 0 Å². The van der Waals surface area contributed by atoms with Crippen molar-refractivity contribution in [1.82, 2.24) is 5.32 Å². The van der Waals surface area contributed by atoms with Crippen LogP contribution in [0.4, 0.5) is 11.4 Å². The van der Waals surface area contributed by atoms with Crippen LogP contribution in [0.1, 0.15) is 28.8 Å². The molecule has 0 radical (unpaired) electrons. The minimum absolute atomic E-state index is 0.0913. The summed E-state index contributed by atoms with van der Waals surface area (Å²) in [5.41, 5.74) is 3.25. The van der Waals surface area contributed by atoms with Gasteiger partial charge >= 0.3 is 0 Å². The predicted molar refractivity (Wildman–Crippen MR) is 95.2 cm³/mol. The molecule has 0 bridgehead atoms. The second-order valence-corrected chi connectivity index (χ2v) is 6.10. The molecule has 5 heteroatoms. The molecule has 0 saturated heterocycles. The Bertz CT molecular complexity index is 737. The van der Waals surface area contributed by atoms with Crippen LogP contribution in [0.5, 0.6) is 0 Å². The Morgan fingerprint density at radius 2 is 1.79 bits per heavy atom. The molecule has 0 atom stereocenters. The maximum absolute atomic E-state index is 12.0. The first kappa shape index (κ1) is 16.1. The molecule has 0 spiro atoms. The molecule has 2 amide bonds. The number of carbonyl (C=O) groups is 2. The molecular formula is C19H21N3O2. The monoisotopic (exact) mass is 323 g/mol. The van der Waals surface area contributed by atoms with Crippen molar-refractivity contribution in [3.8, 4) is 0 Å². The van der Waals surface area contributed by atoms with E-state index in [2.05, 4.69) is 16.0 Å². The van der Waals surface area contributed by atoms with Crippen molar-refractivity contribution in [2.45, 2.75) is 25.8 Å². The number of nitrogens with one attached hydrogen (secondary N) is 3. The van der Waals surface area contributed by atoms with Gasteiger partial charge in [0.25, 0.3) is 5.91 Å². The van der Waals surface area contributed by atoms with E-state index >= 15 is 0 Å². The van der Waals surface area contributed by atoms with E-state index in [9.17, 15) is 9.59 Å². The number of hydrogen-bond acceptors (Lipinski definition) is 3. The first-order valence-corrected chi connectivity index (χ1v) is 8.11. The largest absolute Gasteiger partial charge is 0.376 e. The lowest BCUT2D eigenvalue weighted by Gasteiger charge is -2.09. The molecule has 0 aliphatic heterocycles. The SMILES string of the molecule is Cc1ccc(NCC(=O)Nc2cccc(C(=O)NC3CC3)c2)cc1. The zero-order valence-corrected chi connectivity index (χ0v) is 13.6. The minimum atomic E-state index is -0.157. The van der Waals surface area contributed by atoms with Gasteiger partial charge in [-0.25, -0.2) is 0 Å². The van der Waals surface area contributed by atoms with E-state index in [1.165, 1.54) is 5.56 Å². The van der Waals surface area contributed by atoms with Crippen LogP contribution in [-0.2, 0) is 4.79 Å². The third-order valence-corrected chi connectivity index (χ3v) is 3.83. The van der Waals surface area contributed by atoms with Gasteiger partial charge < -0.3 is 16.0 Å². The predicted octanol–water partition coefficient (Wildman–Crippen LogP) is 2.94. The number of amides is 2. The summed E-state index contributed by atoms with van der Waals surface area (Å²) in [6.07, 6.45) is 2.10. The number of rotatable bonds is 6. The second-order valence-electron chi connectivity index (χ2n) is 6.10. The molecule has 0 unspecified atom stereocenters. The fraction of sp³-hybridized carbons (Fsp3) is 0.263. The lowest BCUT2D eigenvalue weighted by Crippen LogP contribution is -2.26. The lowest BCUT2D eigenvalue weighted by molar-refractivity contribution is -0.114. The van der Waals surface area contributed by atoms with Gasteiger partial charge in [0.1, 0.15) is 0 Å². The lowest BCUT2D eigenvalue weighted by atomic mass is 10.2. The van der Waals surface area contributed by atoms with Crippen LogP contribution in [0.3, 0.4) is 0 Å². The van der Waals surface area contributed by atoms with Crippen molar-refractivity contribution in [1.29, 1.82) is 0 Å². The molecule has 2 aromatic carbocycles. The van der Waals surface area contributed by atoms with E-state index in [-0.39, 0.29) is 18.4 Å². The topological polar surface area (TPSA) is 70.2 Å². The summed E-state index contributed by atoms with van der Waals surface area (Å²) < 4.78 is 0. The third kappa shape index (κ3) is 4.59.